The third-order valence-corrected chi connectivity index (χ3v) is 4.89. The predicted octanol–water partition coefficient (Wildman–Crippen LogP) is 2.81. The molecule has 0 radical (unpaired) electrons. The maximum Gasteiger partial charge on any atom is 0.145 e. The highest BCUT2D eigenvalue weighted by atomic mass is 16.5. The molecule has 2 fully saturated rings. The van der Waals surface area contributed by atoms with Crippen molar-refractivity contribution in [1.29, 1.82) is 0 Å². The summed E-state index contributed by atoms with van der Waals surface area (Å²) in [7, 11) is 3.44. The Morgan fingerprint density at radius 3 is 2.43 bits per heavy atom. The summed E-state index contributed by atoms with van der Waals surface area (Å²) in [6.45, 7) is 3.26. The summed E-state index contributed by atoms with van der Waals surface area (Å²) < 4.78 is 10.9. The molecule has 1 N–H and O–H groups in total. The average molecular weight is 290 g/mol. The standard InChI is InChI=1S/C17H26N2O2/c1-4-18-12-9-13-5-6-14(10-12)19(13)16-8-7-15(20-2)11-17(16)21-3/h7-8,11-14,18H,4-6,9-10H2,1-3H3. The fourth-order valence-corrected chi connectivity index (χ4v) is 4.02. The largest absolute Gasteiger partial charge is 0.497 e. The second kappa shape index (κ2) is 6.14. The second-order valence-corrected chi connectivity index (χ2v) is 6.06. The molecule has 0 aliphatic carbocycles. The fourth-order valence-electron chi connectivity index (χ4n) is 4.02. The van der Waals surface area contributed by atoms with Crippen LogP contribution in [0.15, 0.2) is 18.2 Å². The van der Waals surface area contributed by atoms with E-state index in [1.165, 1.54) is 31.4 Å². The minimum Gasteiger partial charge on any atom is -0.497 e. The first kappa shape index (κ1) is 14.5. The number of piperidine rings is 1. The summed E-state index contributed by atoms with van der Waals surface area (Å²) in [6, 6.07) is 8.12. The molecule has 116 valence electrons. The zero-order valence-electron chi connectivity index (χ0n) is 13.3. The van der Waals surface area contributed by atoms with Gasteiger partial charge in [-0.25, -0.2) is 0 Å². The number of ether oxygens (including phenoxy) is 2. The van der Waals surface area contributed by atoms with Gasteiger partial charge in [-0.3, -0.25) is 0 Å². The number of nitrogens with zero attached hydrogens (tertiary/aromatic N) is 1. The van der Waals surface area contributed by atoms with Crippen molar-refractivity contribution in [2.75, 3.05) is 25.7 Å². The lowest BCUT2D eigenvalue weighted by Gasteiger charge is -2.41. The van der Waals surface area contributed by atoms with Crippen LogP contribution >= 0.6 is 0 Å². The molecule has 3 rings (SSSR count). The minimum atomic E-state index is 0.634. The van der Waals surface area contributed by atoms with Crippen LogP contribution in [0, 0.1) is 0 Å². The van der Waals surface area contributed by atoms with E-state index >= 15 is 0 Å². The van der Waals surface area contributed by atoms with Gasteiger partial charge in [0.1, 0.15) is 11.5 Å². The molecule has 4 nitrogen and oxygen atoms in total. The summed E-state index contributed by atoms with van der Waals surface area (Å²) in [5, 5.41) is 3.63. The highest BCUT2D eigenvalue weighted by Crippen LogP contribution is 2.43. The molecular weight excluding hydrogens is 264 g/mol. The first-order chi connectivity index (χ1) is 10.3. The van der Waals surface area contributed by atoms with Crippen LogP contribution in [0.2, 0.25) is 0 Å². The van der Waals surface area contributed by atoms with Crippen molar-refractivity contribution in [2.45, 2.75) is 50.7 Å². The van der Waals surface area contributed by atoms with Crippen LogP contribution in [0.3, 0.4) is 0 Å². The van der Waals surface area contributed by atoms with Gasteiger partial charge in [-0.2, -0.15) is 0 Å². The summed E-state index contributed by atoms with van der Waals surface area (Å²) in [5.41, 5.74) is 1.22. The fraction of sp³-hybridized carbons (Fsp3) is 0.647. The maximum absolute atomic E-state index is 5.60. The van der Waals surface area contributed by atoms with Gasteiger partial charge in [0.2, 0.25) is 0 Å². The van der Waals surface area contributed by atoms with E-state index in [1.807, 2.05) is 12.1 Å². The van der Waals surface area contributed by atoms with Crippen molar-refractivity contribution in [2.24, 2.45) is 0 Å². The van der Waals surface area contributed by atoms with E-state index in [9.17, 15) is 0 Å². The van der Waals surface area contributed by atoms with Crippen molar-refractivity contribution < 1.29 is 9.47 Å². The number of methoxy groups -OCH3 is 2. The van der Waals surface area contributed by atoms with Gasteiger partial charge in [0, 0.05) is 24.2 Å². The van der Waals surface area contributed by atoms with E-state index in [0.29, 0.717) is 18.1 Å². The van der Waals surface area contributed by atoms with Crippen LogP contribution in [0.5, 0.6) is 11.5 Å². The van der Waals surface area contributed by atoms with Gasteiger partial charge in [0.15, 0.2) is 0 Å². The Hall–Kier alpha value is -1.42. The Kier molecular flexibility index (Phi) is 4.24. The summed E-state index contributed by atoms with van der Waals surface area (Å²) in [6.07, 6.45) is 5.06. The Morgan fingerprint density at radius 1 is 1.14 bits per heavy atom. The Bertz CT molecular complexity index is 478. The summed E-state index contributed by atoms with van der Waals surface area (Å²) in [4.78, 5) is 2.59. The van der Waals surface area contributed by atoms with E-state index in [0.717, 1.165) is 18.0 Å². The van der Waals surface area contributed by atoms with Crippen molar-refractivity contribution in [3.8, 4) is 11.5 Å². The lowest BCUT2D eigenvalue weighted by molar-refractivity contribution is 0.353. The molecule has 0 aromatic heterocycles. The third-order valence-electron chi connectivity index (χ3n) is 4.89. The van der Waals surface area contributed by atoms with Crippen LogP contribution in [0.4, 0.5) is 5.69 Å². The highest BCUT2D eigenvalue weighted by Gasteiger charge is 2.41. The molecule has 2 heterocycles. The van der Waals surface area contributed by atoms with Crippen LogP contribution in [0.25, 0.3) is 0 Å². The van der Waals surface area contributed by atoms with Crippen molar-refractivity contribution in [1.82, 2.24) is 5.32 Å². The quantitative estimate of drug-likeness (QED) is 0.904. The van der Waals surface area contributed by atoms with Crippen molar-refractivity contribution in [3.63, 3.8) is 0 Å². The molecule has 2 bridgehead atoms. The molecule has 1 aromatic rings. The van der Waals surface area contributed by atoms with E-state index in [4.69, 9.17) is 9.47 Å². The minimum absolute atomic E-state index is 0.634. The van der Waals surface area contributed by atoms with Crippen LogP contribution in [-0.4, -0.2) is 38.9 Å². The van der Waals surface area contributed by atoms with Crippen molar-refractivity contribution >= 4 is 5.69 Å². The predicted molar refractivity (Wildman–Crippen MR) is 85.5 cm³/mol. The molecule has 2 aliphatic heterocycles. The SMILES string of the molecule is CCNC1CC2CCC(C1)N2c1ccc(OC)cc1OC. The number of hydrogen-bond donors (Lipinski definition) is 1. The lowest BCUT2D eigenvalue weighted by Crippen LogP contribution is -2.49. The van der Waals surface area contributed by atoms with Gasteiger partial charge in [-0.15, -0.1) is 0 Å². The van der Waals surface area contributed by atoms with Gasteiger partial charge in [0.25, 0.3) is 0 Å². The average Bonchev–Trinajstić information content (AvgIpc) is 2.77. The smallest absolute Gasteiger partial charge is 0.145 e. The first-order valence-corrected chi connectivity index (χ1v) is 8.00. The first-order valence-electron chi connectivity index (χ1n) is 8.00. The molecular formula is C17H26N2O2. The monoisotopic (exact) mass is 290 g/mol. The molecule has 0 amide bonds. The summed E-state index contributed by atoms with van der Waals surface area (Å²) >= 11 is 0. The zero-order valence-corrected chi connectivity index (χ0v) is 13.3. The molecule has 4 heteroatoms. The third kappa shape index (κ3) is 2.69. The number of rotatable bonds is 5. The van der Waals surface area contributed by atoms with E-state index < -0.39 is 0 Å². The lowest BCUT2D eigenvalue weighted by atomic mass is 9.96. The molecule has 21 heavy (non-hydrogen) atoms. The second-order valence-electron chi connectivity index (χ2n) is 6.06. The molecule has 2 unspecified atom stereocenters. The molecule has 1 aromatic carbocycles. The van der Waals surface area contributed by atoms with Crippen LogP contribution in [0.1, 0.15) is 32.6 Å². The van der Waals surface area contributed by atoms with Crippen LogP contribution < -0.4 is 19.7 Å². The van der Waals surface area contributed by atoms with Crippen molar-refractivity contribution in [3.05, 3.63) is 18.2 Å². The number of hydrogen-bond acceptors (Lipinski definition) is 4. The van der Waals surface area contributed by atoms with Gasteiger partial charge < -0.3 is 19.7 Å². The van der Waals surface area contributed by atoms with E-state index in [-0.39, 0.29) is 0 Å². The van der Waals surface area contributed by atoms with Crippen LogP contribution in [-0.2, 0) is 0 Å². The highest BCUT2D eigenvalue weighted by molar-refractivity contribution is 5.63. The maximum atomic E-state index is 5.60. The molecule has 2 saturated heterocycles. The zero-order chi connectivity index (χ0) is 14.8. The normalized spacial score (nSPS) is 27.8. The number of nitrogens with one attached hydrogen (secondary N) is 1. The van der Waals surface area contributed by atoms with E-state index in [1.54, 1.807) is 14.2 Å². The Balaban J connectivity index is 1.85. The molecule has 2 atom stereocenters. The molecule has 2 aliphatic rings. The number of fused-ring (bicyclic) bond motifs is 2. The number of anilines is 1. The Morgan fingerprint density at radius 2 is 1.86 bits per heavy atom. The molecule has 0 saturated carbocycles. The topological polar surface area (TPSA) is 33.7 Å². The summed E-state index contributed by atoms with van der Waals surface area (Å²) in [5.74, 6) is 1.78. The van der Waals surface area contributed by atoms with Gasteiger partial charge >= 0.3 is 0 Å². The number of benzene rings is 1. The van der Waals surface area contributed by atoms with E-state index in [2.05, 4.69) is 23.2 Å². The van der Waals surface area contributed by atoms with Gasteiger partial charge in [0.05, 0.1) is 19.9 Å². The molecule has 0 spiro atoms. The van der Waals surface area contributed by atoms with Gasteiger partial charge in [-0.1, -0.05) is 6.92 Å². The Labute approximate surface area is 127 Å². The van der Waals surface area contributed by atoms with Gasteiger partial charge in [-0.05, 0) is 44.4 Å².